The van der Waals surface area contributed by atoms with Crippen LogP contribution in [0, 0.1) is 0 Å². The number of aromatic nitrogens is 1. The topological polar surface area (TPSA) is 46.7 Å². The Morgan fingerprint density at radius 3 is 2.54 bits per heavy atom. The number of benzene rings is 2. The van der Waals surface area contributed by atoms with Crippen LogP contribution in [0.1, 0.15) is 24.3 Å². The van der Waals surface area contributed by atoms with Crippen LogP contribution in [-0.2, 0) is 0 Å². The maximum absolute atomic E-state index is 5.93. The standard InChI is InChI=1S/C23H28N2O3/c1-26-18-7-8-21-19(15-18)20(16-24-21)17-9-11-25(12-10-17)13-14-28-23-6-4-3-5-22(23)27-2/h3-8,15-17,24H,9-14H2,1-2H3. The van der Waals surface area contributed by atoms with Gasteiger partial charge in [-0.25, -0.2) is 0 Å². The molecule has 4 rings (SSSR count). The molecule has 28 heavy (non-hydrogen) atoms. The summed E-state index contributed by atoms with van der Waals surface area (Å²) in [5.74, 6) is 3.11. The quantitative estimate of drug-likeness (QED) is 0.658. The summed E-state index contributed by atoms with van der Waals surface area (Å²) in [5, 5.41) is 1.29. The average Bonchev–Trinajstić information content (AvgIpc) is 3.17. The minimum Gasteiger partial charge on any atom is -0.497 e. The molecule has 3 aromatic rings. The lowest BCUT2D eigenvalue weighted by Gasteiger charge is -2.31. The highest BCUT2D eigenvalue weighted by Gasteiger charge is 2.23. The van der Waals surface area contributed by atoms with Crippen molar-refractivity contribution in [3.63, 3.8) is 0 Å². The molecule has 1 fully saturated rings. The van der Waals surface area contributed by atoms with E-state index in [-0.39, 0.29) is 0 Å². The van der Waals surface area contributed by atoms with E-state index < -0.39 is 0 Å². The Morgan fingerprint density at radius 2 is 1.79 bits per heavy atom. The fourth-order valence-corrected chi connectivity index (χ4v) is 4.08. The first kappa shape index (κ1) is 18.7. The van der Waals surface area contributed by atoms with Crippen molar-refractivity contribution < 1.29 is 14.2 Å². The van der Waals surface area contributed by atoms with E-state index >= 15 is 0 Å². The van der Waals surface area contributed by atoms with Crippen LogP contribution >= 0.6 is 0 Å². The molecule has 1 aromatic heterocycles. The van der Waals surface area contributed by atoms with Crippen molar-refractivity contribution in [1.29, 1.82) is 0 Å². The van der Waals surface area contributed by atoms with Crippen LogP contribution in [-0.4, -0.2) is 50.3 Å². The number of nitrogens with zero attached hydrogens (tertiary/aromatic N) is 1. The smallest absolute Gasteiger partial charge is 0.161 e. The van der Waals surface area contributed by atoms with E-state index in [0.29, 0.717) is 12.5 Å². The molecule has 5 heteroatoms. The van der Waals surface area contributed by atoms with Crippen LogP contribution in [0.25, 0.3) is 10.9 Å². The van der Waals surface area contributed by atoms with Crippen LogP contribution in [0.5, 0.6) is 17.2 Å². The molecule has 0 bridgehead atoms. The summed E-state index contributed by atoms with van der Waals surface area (Å²) < 4.78 is 16.7. The third kappa shape index (κ3) is 3.94. The average molecular weight is 380 g/mol. The van der Waals surface area contributed by atoms with Crippen molar-refractivity contribution in [2.24, 2.45) is 0 Å². The molecule has 0 unspecified atom stereocenters. The van der Waals surface area contributed by atoms with Gasteiger partial charge in [-0.05, 0) is 67.7 Å². The van der Waals surface area contributed by atoms with Gasteiger partial charge >= 0.3 is 0 Å². The van der Waals surface area contributed by atoms with Crippen LogP contribution in [0.4, 0.5) is 0 Å². The number of hydrogen-bond donors (Lipinski definition) is 1. The summed E-state index contributed by atoms with van der Waals surface area (Å²) in [6.45, 7) is 3.80. The van der Waals surface area contributed by atoms with E-state index in [1.54, 1.807) is 14.2 Å². The molecular formula is C23H28N2O3. The van der Waals surface area contributed by atoms with Crippen molar-refractivity contribution in [3.8, 4) is 17.2 Å². The second-order valence-corrected chi connectivity index (χ2v) is 7.27. The van der Waals surface area contributed by atoms with E-state index in [1.807, 2.05) is 30.3 Å². The van der Waals surface area contributed by atoms with Crippen molar-refractivity contribution in [1.82, 2.24) is 9.88 Å². The largest absolute Gasteiger partial charge is 0.497 e. The molecule has 148 valence electrons. The number of ether oxygens (including phenoxy) is 3. The molecule has 5 nitrogen and oxygen atoms in total. The van der Waals surface area contributed by atoms with Crippen molar-refractivity contribution in [2.45, 2.75) is 18.8 Å². The zero-order valence-electron chi connectivity index (χ0n) is 16.6. The number of likely N-dealkylation sites (tertiary alicyclic amines) is 1. The maximum Gasteiger partial charge on any atom is 0.161 e. The summed E-state index contributed by atoms with van der Waals surface area (Å²) in [5.41, 5.74) is 2.60. The molecular weight excluding hydrogens is 352 g/mol. The van der Waals surface area contributed by atoms with Crippen LogP contribution < -0.4 is 14.2 Å². The van der Waals surface area contributed by atoms with Gasteiger partial charge in [-0.2, -0.15) is 0 Å². The lowest BCUT2D eigenvalue weighted by atomic mass is 9.89. The Bertz CT molecular complexity index is 913. The van der Waals surface area contributed by atoms with Crippen molar-refractivity contribution in [2.75, 3.05) is 40.5 Å². The number of aromatic amines is 1. The summed E-state index contributed by atoms with van der Waals surface area (Å²) in [7, 11) is 3.40. The van der Waals surface area contributed by atoms with Crippen molar-refractivity contribution in [3.05, 3.63) is 54.2 Å². The normalized spacial score (nSPS) is 15.6. The van der Waals surface area contributed by atoms with E-state index in [2.05, 4.69) is 28.2 Å². The number of piperidine rings is 1. The molecule has 2 aromatic carbocycles. The first-order chi connectivity index (χ1) is 13.8. The summed E-state index contributed by atoms with van der Waals surface area (Å²) >= 11 is 0. The Morgan fingerprint density at radius 1 is 1.00 bits per heavy atom. The van der Waals surface area contributed by atoms with Crippen LogP contribution in [0.3, 0.4) is 0 Å². The molecule has 1 aliphatic rings. The SMILES string of the molecule is COc1ccc2[nH]cc(C3CCN(CCOc4ccccc4OC)CC3)c2c1. The number of para-hydroxylation sites is 2. The maximum atomic E-state index is 5.93. The van der Waals surface area contributed by atoms with E-state index in [4.69, 9.17) is 14.2 Å². The fourth-order valence-electron chi connectivity index (χ4n) is 4.08. The first-order valence-corrected chi connectivity index (χ1v) is 9.91. The van der Waals surface area contributed by atoms with E-state index in [9.17, 15) is 0 Å². The molecule has 1 N–H and O–H groups in total. The first-order valence-electron chi connectivity index (χ1n) is 9.91. The zero-order chi connectivity index (χ0) is 19.3. The second-order valence-electron chi connectivity index (χ2n) is 7.27. The van der Waals surface area contributed by atoms with Crippen LogP contribution in [0.15, 0.2) is 48.7 Å². The third-order valence-electron chi connectivity index (χ3n) is 5.68. The van der Waals surface area contributed by atoms with Gasteiger partial charge in [-0.3, -0.25) is 4.90 Å². The van der Waals surface area contributed by atoms with Gasteiger partial charge in [0.05, 0.1) is 14.2 Å². The highest BCUT2D eigenvalue weighted by Crippen LogP contribution is 2.34. The van der Waals surface area contributed by atoms with Crippen molar-refractivity contribution >= 4 is 10.9 Å². The molecule has 0 aliphatic carbocycles. The van der Waals surface area contributed by atoms with Gasteiger partial charge in [0.1, 0.15) is 12.4 Å². The van der Waals surface area contributed by atoms with Gasteiger partial charge in [0.2, 0.25) is 0 Å². The summed E-state index contributed by atoms with van der Waals surface area (Å²) in [6, 6.07) is 14.1. The van der Waals surface area contributed by atoms with Gasteiger partial charge in [0.15, 0.2) is 11.5 Å². The minimum atomic E-state index is 0.590. The Labute approximate surface area is 166 Å². The van der Waals surface area contributed by atoms with E-state index in [0.717, 1.165) is 36.9 Å². The Balaban J connectivity index is 1.31. The molecule has 0 atom stereocenters. The number of H-pyrrole nitrogens is 1. The molecule has 0 saturated carbocycles. The third-order valence-corrected chi connectivity index (χ3v) is 5.68. The molecule has 0 radical (unpaired) electrons. The van der Waals surface area contributed by atoms with Gasteiger partial charge < -0.3 is 19.2 Å². The van der Waals surface area contributed by atoms with Gasteiger partial charge in [-0.15, -0.1) is 0 Å². The number of nitrogens with one attached hydrogen (secondary N) is 1. The zero-order valence-corrected chi connectivity index (χ0v) is 16.6. The summed E-state index contributed by atoms with van der Waals surface area (Å²) in [4.78, 5) is 5.90. The second kappa shape index (κ2) is 8.57. The lowest BCUT2D eigenvalue weighted by molar-refractivity contribution is 0.171. The molecule has 2 heterocycles. The predicted molar refractivity (Wildman–Crippen MR) is 112 cm³/mol. The van der Waals surface area contributed by atoms with Gasteiger partial charge in [0.25, 0.3) is 0 Å². The number of methoxy groups -OCH3 is 2. The Kier molecular flexibility index (Phi) is 5.72. The molecule has 1 saturated heterocycles. The highest BCUT2D eigenvalue weighted by atomic mass is 16.5. The molecule has 0 spiro atoms. The Hall–Kier alpha value is -2.66. The number of fused-ring (bicyclic) bond motifs is 1. The van der Waals surface area contributed by atoms with Gasteiger partial charge in [0, 0.05) is 23.6 Å². The van der Waals surface area contributed by atoms with Crippen LogP contribution in [0.2, 0.25) is 0 Å². The molecule has 0 amide bonds. The predicted octanol–water partition coefficient (Wildman–Crippen LogP) is 4.44. The van der Waals surface area contributed by atoms with E-state index in [1.165, 1.54) is 29.3 Å². The molecule has 1 aliphatic heterocycles. The highest BCUT2D eigenvalue weighted by molar-refractivity contribution is 5.85. The monoisotopic (exact) mass is 380 g/mol. The summed E-state index contributed by atoms with van der Waals surface area (Å²) in [6.07, 6.45) is 4.51. The lowest BCUT2D eigenvalue weighted by Crippen LogP contribution is -2.35. The van der Waals surface area contributed by atoms with Gasteiger partial charge in [-0.1, -0.05) is 12.1 Å². The number of hydrogen-bond acceptors (Lipinski definition) is 4. The fraction of sp³-hybridized carbons (Fsp3) is 0.391. The number of rotatable bonds is 7. The minimum absolute atomic E-state index is 0.590.